The molecular formula is C12H22N2O3. The highest BCUT2D eigenvalue weighted by atomic mass is 16.6. The van der Waals surface area contributed by atoms with Crippen LogP contribution in [-0.4, -0.2) is 30.4 Å². The molecule has 0 bridgehead atoms. The van der Waals surface area contributed by atoms with Crippen molar-refractivity contribution in [2.24, 2.45) is 0 Å². The average molecular weight is 242 g/mol. The van der Waals surface area contributed by atoms with Crippen molar-refractivity contribution in [1.29, 1.82) is 5.26 Å². The van der Waals surface area contributed by atoms with Gasteiger partial charge in [0.1, 0.15) is 11.6 Å². The van der Waals surface area contributed by atoms with E-state index in [0.717, 1.165) is 0 Å². The maximum absolute atomic E-state index is 11.4. The topological polar surface area (TPSA) is 71.3 Å². The number of ether oxygens (including phenoxy) is 2. The fourth-order valence-electron chi connectivity index (χ4n) is 1.04. The van der Waals surface area contributed by atoms with Gasteiger partial charge in [0.25, 0.3) is 0 Å². The summed E-state index contributed by atoms with van der Waals surface area (Å²) in [6, 6.07) is 1.42. The first-order valence-electron chi connectivity index (χ1n) is 5.75. The molecule has 0 aliphatic rings. The molecule has 5 nitrogen and oxygen atoms in total. The summed E-state index contributed by atoms with van der Waals surface area (Å²) in [6.45, 7) is 9.60. The number of nitrogens with zero attached hydrogens (tertiary/aromatic N) is 1. The number of alkyl carbamates (subject to hydrolysis) is 1. The molecule has 98 valence electrons. The van der Waals surface area contributed by atoms with E-state index in [4.69, 9.17) is 14.7 Å². The Labute approximate surface area is 103 Å². The minimum atomic E-state index is -0.580. The molecular weight excluding hydrogens is 220 g/mol. The Morgan fingerprint density at radius 3 is 2.41 bits per heavy atom. The fourth-order valence-corrected chi connectivity index (χ4v) is 1.04. The molecule has 0 unspecified atom stereocenters. The van der Waals surface area contributed by atoms with Crippen molar-refractivity contribution >= 4 is 6.09 Å². The van der Waals surface area contributed by atoms with E-state index in [2.05, 4.69) is 5.32 Å². The van der Waals surface area contributed by atoms with Crippen molar-refractivity contribution in [3.05, 3.63) is 0 Å². The van der Waals surface area contributed by atoms with Crippen molar-refractivity contribution in [1.82, 2.24) is 5.32 Å². The quantitative estimate of drug-likeness (QED) is 0.802. The van der Waals surface area contributed by atoms with E-state index in [1.165, 1.54) is 0 Å². The first kappa shape index (κ1) is 15.7. The molecule has 0 aromatic heterocycles. The van der Waals surface area contributed by atoms with E-state index < -0.39 is 17.7 Å². The Hall–Kier alpha value is -1.28. The van der Waals surface area contributed by atoms with Gasteiger partial charge in [0, 0.05) is 13.0 Å². The molecule has 0 spiro atoms. The minimum Gasteiger partial charge on any atom is -0.444 e. The van der Waals surface area contributed by atoms with Crippen LogP contribution in [0.4, 0.5) is 4.79 Å². The van der Waals surface area contributed by atoms with Crippen molar-refractivity contribution in [3.63, 3.8) is 0 Å². The largest absolute Gasteiger partial charge is 0.444 e. The summed E-state index contributed by atoms with van der Waals surface area (Å²) in [4.78, 5) is 11.4. The van der Waals surface area contributed by atoms with Gasteiger partial charge in [0.15, 0.2) is 0 Å². The van der Waals surface area contributed by atoms with Crippen molar-refractivity contribution in [2.75, 3.05) is 6.61 Å². The summed E-state index contributed by atoms with van der Waals surface area (Å²) >= 11 is 0. The van der Waals surface area contributed by atoms with E-state index in [0.29, 0.717) is 13.0 Å². The maximum atomic E-state index is 11.4. The lowest BCUT2D eigenvalue weighted by Gasteiger charge is -2.21. The molecule has 0 radical (unpaired) electrons. The smallest absolute Gasteiger partial charge is 0.408 e. The third-order valence-electron chi connectivity index (χ3n) is 1.70. The van der Waals surface area contributed by atoms with Crippen LogP contribution in [0.25, 0.3) is 0 Å². The molecule has 0 rings (SSSR count). The lowest BCUT2D eigenvalue weighted by molar-refractivity contribution is 0.0483. The highest BCUT2D eigenvalue weighted by Gasteiger charge is 2.19. The normalized spacial score (nSPS) is 13.0. The summed E-state index contributed by atoms with van der Waals surface area (Å²) in [5.74, 6) is 0. The number of rotatable bonds is 5. The zero-order valence-electron chi connectivity index (χ0n) is 11.2. The van der Waals surface area contributed by atoms with Crippen LogP contribution in [0.1, 0.15) is 41.0 Å². The molecule has 0 saturated heterocycles. The molecule has 0 heterocycles. The Bertz CT molecular complexity index is 276. The third kappa shape index (κ3) is 9.64. The number of carbonyl (C=O) groups is 1. The van der Waals surface area contributed by atoms with E-state index in [1.54, 1.807) is 20.8 Å². The number of nitriles is 1. The Kier molecular flexibility index (Phi) is 6.59. The lowest BCUT2D eigenvalue weighted by atomic mass is 10.2. The number of hydrogen-bond acceptors (Lipinski definition) is 4. The van der Waals surface area contributed by atoms with Gasteiger partial charge in [-0.15, -0.1) is 0 Å². The predicted octanol–water partition coefficient (Wildman–Crippen LogP) is 2.22. The number of carbonyl (C=O) groups excluding carboxylic acids is 1. The van der Waals surface area contributed by atoms with E-state index >= 15 is 0 Å². The zero-order chi connectivity index (χ0) is 13.5. The molecule has 0 saturated carbocycles. The predicted molar refractivity (Wildman–Crippen MR) is 64.5 cm³/mol. The molecule has 17 heavy (non-hydrogen) atoms. The molecule has 0 aromatic rings. The Morgan fingerprint density at radius 2 is 2.00 bits per heavy atom. The molecule has 0 fully saturated rings. The van der Waals surface area contributed by atoms with Gasteiger partial charge in [-0.2, -0.15) is 5.26 Å². The summed E-state index contributed by atoms with van der Waals surface area (Å²) < 4.78 is 10.4. The molecule has 1 N–H and O–H groups in total. The number of amides is 1. The van der Waals surface area contributed by atoms with Crippen LogP contribution in [0.2, 0.25) is 0 Å². The molecule has 0 aromatic carbocycles. The van der Waals surface area contributed by atoms with E-state index in [1.807, 2.05) is 19.9 Å². The van der Waals surface area contributed by atoms with Crippen molar-refractivity contribution < 1.29 is 14.3 Å². The van der Waals surface area contributed by atoms with E-state index in [-0.39, 0.29) is 6.10 Å². The van der Waals surface area contributed by atoms with Gasteiger partial charge in [0.2, 0.25) is 0 Å². The van der Waals surface area contributed by atoms with Crippen LogP contribution < -0.4 is 5.32 Å². The van der Waals surface area contributed by atoms with Gasteiger partial charge in [0.05, 0.1) is 12.2 Å². The Balaban J connectivity index is 3.97. The third-order valence-corrected chi connectivity index (χ3v) is 1.70. The van der Waals surface area contributed by atoms with Crippen molar-refractivity contribution in [3.8, 4) is 6.07 Å². The van der Waals surface area contributed by atoms with Gasteiger partial charge >= 0.3 is 6.09 Å². The van der Waals surface area contributed by atoms with Crippen LogP contribution in [0, 0.1) is 11.3 Å². The Morgan fingerprint density at radius 1 is 1.41 bits per heavy atom. The highest BCUT2D eigenvalue weighted by molar-refractivity contribution is 5.68. The van der Waals surface area contributed by atoms with Crippen LogP contribution in [0.5, 0.6) is 0 Å². The van der Waals surface area contributed by atoms with Gasteiger partial charge < -0.3 is 14.8 Å². The highest BCUT2D eigenvalue weighted by Crippen LogP contribution is 2.07. The second kappa shape index (κ2) is 7.13. The number of hydrogen-bond donors (Lipinski definition) is 1. The first-order valence-corrected chi connectivity index (χ1v) is 5.75. The van der Waals surface area contributed by atoms with Crippen LogP contribution in [0.3, 0.4) is 0 Å². The fraction of sp³-hybridized carbons (Fsp3) is 0.833. The minimum absolute atomic E-state index is 0.121. The summed E-state index contributed by atoms with van der Waals surface area (Å²) in [7, 11) is 0. The lowest BCUT2D eigenvalue weighted by Crippen LogP contribution is -2.39. The summed E-state index contributed by atoms with van der Waals surface area (Å²) in [5.41, 5.74) is -0.557. The molecule has 5 heteroatoms. The molecule has 1 atom stereocenters. The monoisotopic (exact) mass is 242 g/mol. The maximum Gasteiger partial charge on any atom is 0.408 e. The second-order valence-electron chi connectivity index (χ2n) is 5.04. The summed E-state index contributed by atoms with van der Waals surface area (Å²) in [6.07, 6.45) is -0.00189. The SMILES string of the molecule is CC(C)OCC[C@@H](C#N)NC(=O)OC(C)(C)C. The van der Waals surface area contributed by atoms with Gasteiger partial charge in [-0.1, -0.05) is 0 Å². The second-order valence-corrected chi connectivity index (χ2v) is 5.04. The standard InChI is InChI=1S/C12H22N2O3/c1-9(2)16-7-6-10(8-13)14-11(15)17-12(3,4)5/h9-10H,6-7H2,1-5H3,(H,14,15)/t10-/m0/s1. The molecule has 0 aliphatic carbocycles. The van der Waals surface area contributed by atoms with E-state index in [9.17, 15) is 4.79 Å². The molecule has 1 amide bonds. The first-order chi connectivity index (χ1) is 7.74. The van der Waals surface area contributed by atoms with Crippen LogP contribution in [0.15, 0.2) is 0 Å². The van der Waals surface area contributed by atoms with Gasteiger partial charge in [-0.05, 0) is 34.6 Å². The van der Waals surface area contributed by atoms with Gasteiger partial charge in [-0.25, -0.2) is 4.79 Å². The zero-order valence-corrected chi connectivity index (χ0v) is 11.2. The molecule has 0 aliphatic heterocycles. The van der Waals surface area contributed by atoms with Crippen molar-refractivity contribution in [2.45, 2.75) is 58.8 Å². The van der Waals surface area contributed by atoms with Crippen LogP contribution >= 0.6 is 0 Å². The number of nitrogens with one attached hydrogen (secondary N) is 1. The average Bonchev–Trinajstić information content (AvgIpc) is 2.12. The summed E-state index contributed by atoms with van der Waals surface area (Å²) in [5, 5.41) is 11.4. The van der Waals surface area contributed by atoms with Gasteiger partial charge in [-0.3, -0.25) is 0 Å². The van der Waals surface area contributed by atoms with Crippen LogP contribution in [-0.2, 0) is 9.47 Å².